The molecule has 3 aliphatic rings. The van der Waals surface area contributed by atoms with Crippen molar-refractivity contribution in [3.63, 3.8) is 0 Å². The van der Waals surface area contributed by atoms with Gasteiger partial charge < -0.3 is 15.4 Å². The number of amides is 1. The van der Waals surface area contributed by atoms with E-state index in [1.54, 1.807) is 7.11 Å². The molecule has 0 aromatic heterocycles. The summed E-state index contributed by atoms with van der Waals surface area (Å²) in [6.07, 6.45) is 1.61. The SMILES string of the molecule is COC1C2CC1CN(C(=O)CN)C2. The average Bonchev–Trinajstić information content (AvgIpc) is 2.17. The van der Waals surface area contributed by atoms with Crippen molar-refractivity contribution in [2.75, 3.05) is 26.7 Å². The molecule has 74 valence electrons. The number of nitrogens with zero attached hydrogens (tertiary/aromatic N) is 1. The lowest BCUT2D eigenvalue weighted by Crippen LogP contribution is -2.60. The minimum Gasteiger partial charge on any atom is -0.381 e. The van der Waals surface area contributed by atoms with Crippen LogP contribution in [0.2, 0.25) is 0 Å². The fourth-order valence-electron chi connectivity index (χ4n) is 2.56. The minimum absolute atomic E-state index is 0.0734. The van der Waals surface area contributed by atoms with Gasteiger partial charge in [0.1, 0.15) is 0 Å². The van der Waals surface area contributed by atoms with Crippen LogP contribution in [0.4, 0.5) is 0 Å². The van der Waals surface area contributed by atoms with Crippen molar-refractivity contribution in [3.05, 3.63) is 0 Å². The predicted molar refractivity (Wildman–Crippen MR) is 48.0 cm³/mol. The second kappa shape index (κ2) is 3.27. The molecule has 2 saturated heterocycles. The lowest BCUT2D eigenvalue weighted by atomic mass is 9.68. The van der Waals surface area contributed by atoms with E-state index >= 15 is 0 Å². The molecule has 1 aliphatic carbocycles. The van der Waals surface area contributed by atoms with Crippen molar-refractivity contribution in [1.82, 2.24) is 4.90 Å². The first-order valence-corrected chi connectivity index (χ1v) is 4.77. The number of carbonyl (C=O) groups is 1. The molecule has 2 aliphatic heterocycles. The average molecular weight is 184 g/mol. The molecule has 3 fully saturated rings. The Kier molecular flexibility index (Phi) is 2.26. The molecule has 2 N–H and O–H groups in total. The largest absolute Gasteiger partial charge is 0.381 e. The van der Waals surface area contributed by atoms with Crippen LogP contribution in [-0.2, 0) is 9.53 Å². The van der Waals surface area contributed by atoms with Crippen LogP contribution in [0.3, 0.4) is 0 Å². The maximum absolute atomic E-state index is 11.3. The van der Waals surface area contributed by atoms with Crippen LogP contribution in [0.15, 0.2) is 0 Å². The molecule has 2 unspecified atom stereocenters. The summed E-state index contributed by atoms with van der Waals surface area (Å²) in [6.45, 7) is 1.81. The van der Waals surface area contributed by atoms with Crippen LogP contribution in [0, 0.1) is 11.8 Å². The summed E-state index contributed by atoms with van der Waals surface area (Å²) in [4.78, 5) is 13.2. The molecule has 1 saturated carbocycles. The summed E-state index contributed by atoms with van der Waals surface area (Å²) in [6, 6.07) is 0. The Morgan fingerprint density at radius 1 is 1.54 bits per heavy atom. The second-order valence-corrected chi connectivity index (χ2v) is 3.96. The van der Waals surface area contributed by atoms with Gasteiger partial charge in [0.25, 0.3) is 0 Å². The van der Waals surface area contributed by atoms with Crippen molar-refractivity contribution in [2.24, 2.45) is 17.6 Å². The number of nitrogens with two attached hydrogens (primary N) is 1. The Morgan fingerprint density at radius 3 is 2.62 bits per heavy atom. The van der Waals surface area contributed by atoms with Crippen LogP contribution in [0.5, 0.6) is 0 Å². The third-order valence-electron chi connectivity index (χ3n) is 3.24. The molecule has 2 bridgehead atoms. The van der Waals surface area contributed by atoms with E-state index < -0.39 is 0 Å². The molecule has 0 radical (unpaired) electrons. The topological polar surface area (TPSA) is 55.6 Å². The van der Waals surface area contributed by atoms with Gasteiger partial charge in [-0.05, 0) is 6.42 Å². The second-order valence-electron chi connectivity index (χ2n) is 3.96. The van der Waals surface area contributed by atoms with Gasteiger partial charge in [-0.2, -0.15) is 0 Å². The van der Waals surface area contributed by atoms with Crippen LogP contribution >= 0.6 is 0 Å². The molecule has 4 heteroatoms. The number of hydrogen-bond donors (Lipinski definition) is 1. The highest BCUT2D eigenvalue weighted by Crippen LogP contribution is 2.41. The number of carbonyl (C=O) groups excluding carboxylic acids is 1. The molecule has 3 rings (SSSR count). The fourth-order valence-corrected chi connectivity index (χ4v) is 2.56. The Morgan fingerprint density at radius 2 is 2.15 bits per heavy atom. The van der Waals surface area contributed by atoms with Crippen molar-refractivity contribution in [1.29, 1.82) is 0 Å². The van der Waals surface area contributed by atoms with E-state index in [0.717, 1.165) is 13.1 Å². The number of fused-ring (bicyclic) bond motifs is 2. The molecular formula is C9H16N2O2. The van der Waals surface area contributed by atoms with E-state index in [1.807, 2.05) is 4.90 Å². The Bertz CT molecular complexity index is 208. The Balaban J connectivity index is 1.92. The molecule has 0 spiro atoms. The van der Waals surface area contributed by atoms with Gasteiger partial charge in [0.15, 0.2) is 0 Å². The van der Waals surface area contributed by atoms with Crippen molar-refractivity contribution in [3.8, 4) is 0 Å². The highest BCUT2D eigenvalue weighted by molar-refractivity contribution is 5.78. The number of ether oxygens (including phenoxy) is 1. The molecule has 4 nitrogen and oxygen atoms in total. The predicted octanol–water partition coefficient (Wildman–Crippen LogP) is -0.562. The van der Waals surface area contributed by atoms with Crippen LogP contribution in [0.25, 0.3) is 0 Å². The summed E-state index contributed by atoms with van der Waals surface area (Å²) in [5.74, 6) is 1.18. The lowest BCUT2D eigenvalue weighted by Gasteiger charge is -2.52. The van der Waals surface area contributed by atoms with E-state index in [2.05, 4.69) is 0 Å². The molecule has 13 heavy (non-hydrogen) atoms. The third kappa shape index (κ3) is 1.34. The highest BCUT2D eigenvalue weighted by Gasteiger charge is 2.47. The van der Waals surface area contributed by atoms with Gasteiger partial charge >= 0.3 is 0 Å². The quantitative estimate of drug-likeness (QED) is 0.626. The van der Waals surface area contributed by atoms with Crippen molar-refractivity contribution >= 4 is 5.91 Å². The van der Waals surface area contributed by atoms with E-state index in [-0.39, 0.29) is 12.5 Å². The number of rotatable bonds is 2. The minimum atomic E-state index is 0.0734. The van der Waals surface area contributed by atoms with Gasteiger partial charge in [0.05, 0.1) is 12.6 Å². The summed E-state index contributed by atoms with van der Waals surface area (Å²) >= 11 is 0. The zero-order chi connectivity index (χ0) is 9.42. The van der Waals surface area contributed by atoms with E-state index in [4.69, 9.17) is 10.5 Å². The van der Waals surface area contributed by atoms with Crippen LogP contribution in [0.1, 0.15) is 6.42 Å². The fraction of sp³-hybridized carbons (Fsp3) is 0.889. The zero-order valence-electron chi connectivity index (χ0n) is 7.90. The lowest BCUT2D eigenvalue weighted by molar-refractivity contribution is -0.154. The van der Waals surface area contributed by atoms with E-state index in [9.17, 15) is 4.79 Å². The Hall–Kier alpha value is -0.610. The number of hydrogen-bond acceptors (Lipinski definition) is 3. The zero-order valence-corrected chi connectivity index (χ0v) is 7.90. The summed E-state index contributed by atoms with van der Waals surface area (Å²) in [7, 11) is 1.75. The molecule has 2 heterocycles. The van der Waals surface area contributed by atoms with E-state index in [1.165, 1.54) is 6.42 Å². The standard InChI is InChI=1S/C9H16N2O2/c1-13-9-6-2-7(9)5-11(4-6)8(12)3-10/h6-7,9H,2-5,10H2,1H3. The summed E-state index contributed by atoms with van der Waals surface area (Å²) in [5.41, 5.74) is 5.31. The van der Waals surface area contributed by atoms with Gasteiger partial charge in [-0.25, -0.2) is 0 Å². The van der Waals surface area contributed by atoms with Gasteiger partial charge in [-0.1, -0.05) is 0 Å². The molecule has 1 amide bonds. The number of methoxy groups -OCH3 is 1. The number of piperidine rings is 2. The highest BCUT2D eigenvalue weighted by atomic mass is 16.5. The summed E-state index contributed by atoms with van der Waals surface area (Å²) in [5, 5.41) is 0. The van der Waals surface area contributed by atoms with Gasteiger partial charge in [0.2, 0.25) is 5.91 Å². The van der Waals surface area contributed by atoms with Gasteiger partial charge in [-0.3, -0.25) is 4.79 Å². The van der Waals surface area contributed by atoms with Gasteiger partial charge in [0, 0.05) is 32.0 Å². The molecular weight excluding hydrogens is 168 g/mol. The molecule has 0 aromatic carbocycles. The smallest absolute Gasteiger partial charge is 0.236 e. The van der Waals surface area contributed by atoms with Crippen molar-refractivity contribution in [2.45, 2.75) is 12.5 Å². The van der Waals surface area contributed by atoms with E-state index in [0.29, 0.717) is 17.9 Å². The molecule has 2 atom stereocenters. The third-order valence-corrected chi connectivity index (χ3v) is 3.24. The van der Waals surface area contributed by atoms with Crippen molar-refractivity contribution < 1.29 is 9.53 Å². The maximum Gasteiger partial charge on any atom is 0.236 e. The van der Waals surface area contributed by atoms with Crippen LogP contribution in [-0.4, -0.2) is 43.7 Å². The Labute approximate surface area is 78.0 Å². The maximum atomic E-state index is 11.3. The summed E-state index contributed by atoms with van der Waals surface area (Å²) < 4.78 is 5.35. The first-order valence-electron chi connectivity index (χ1n) is 4.77. The monoisotopic (exact) mass is 184 g/mol. The first kappa shape index (κ1) is 8.97. The van der Waals surface area contributed by atoms with Gasteiger partial charge in [-0.15, -0.1) is 0 Å². The van der Waals surface area contributed by atoms with Crippen LogP contribution < -0.4 is 5.73 Å². The molecule has 0 aromatic rings. The normalized spacial score (nSPS) is 37.1. The first-order chi connectivity index (χ1) is 6.26.